The number of aromatic nitrogens is 2. The van der Waals surface area contributed by atoms with Crippen LogP contribution in [0.25, 0.3) is 0 Å². The van der Waals surface area contributed by atoms with Gasteiger partial charge in [-0.2, -0.15) is 4.98 Å². The van der Waals surface area contributed by atoms with E-state index >= 15 is 0 Å². The third-order valence-electron chi connectivity index (χ3n) is 2.80. The van der Waals surface area contributed by atoms with Crippen LogP contribution in [0.1, 0.15) is 18.7 Å². The van der Waals surface area contributed by atoms with Crippen LogP contribution in [-0.2, 0) is 0 Å². The minimum Gasteiger partial charge on any atom is -0.324 e. The Kier molecular flexibility index (Phi) is 3.20. The van der Waals surface area contributed by atoms with Crippen molar-refractivity contribution >= 4 is 6.01 Å². The summed E-state index contributed by atoms with van der Waals surface area (Å²) >= 11 is 0. The van der Waals surface area contributed by atoms with Crippen molar-refractivity contribution in [2.24, 2.45) is 5.92 Å². The van der Waals surface area contributed by atoms with Crippen LogP contribution in [0.15, 0.2) is 4.52 Å². The standard InChI is InChI=1S/C10H18N4O/c1-8-12-10(15-13-8)14-5-3-4-9(7-14)6-11-2/h9,11H,3-7H2,1-2H3. The number of nitrogens with zero attached hydrogens (tertiary/aromatic N) is 3. The molecule has 5 heteroatoms. The number of nitrogens with one attached hydrogen (secondary N) is 1. The molecule has 15 heavy (non-hydrogen) atoms. The van der Waals surface area contributed by atoms with Crippen LogP contribution in [0.4, 0.5) is 6.01 Å². The van der Waals surface area contributed by atoms with Crippen LogP contribution in [0.2, 0.25) is 0 Å². The minimum atomic E-state index is 0.674. The lowest BCUT2D eigenvalue weighted by atomic mass is 9.98. The fourth-order valence-electron chi connectivity index (χ4n) is 2.11. The highest BCUT2D eigenvalue weighted by atomic mass is 16.5. The predicted molar refractivity (Wildman–Crippen MR) is 57.9 cm³/mol. The number of hydrogen-bond acceptors (Lipinski definition) is 5. The van der Waals surface area contributed by atoms with Gasteiger partial charge in [-0.3, -0.25) is 0 Å². The molecule has 1 aliphatic rings. The van der Waals surface area contributed by atoms with Gasteiger partial charge in [-0.1, -0.05) is 5.16 Å². The van der Waals surface area contributed by atoms with Crippen LogP contribution in [0.5, 0.6) is 0 Å². The number of aryl methyl sites for hydroxylation is 1. The largest absolute Gasteiger partial charge is 0.324 e. The van der Waals surface area contributed by atoms with E-state index in [9.17, 15) is 0 Å². The van der Waals surface area contributed by atoms with E-state index in [1.54, 1.807) is 0 Å². The highest BCUT2D eigenvalue weighted by Gasteiger charge is 2.22. The molecule has 0 radical (unpaired) electrons. The molecule has 0 aromatic carbocycles. The van der Waals surface area contributed by atoms with E-state index in [0.717, 1.165) is 19.6 Å². The molecule has 0 amide bonds. The zero-order valence-electron chi connectivity index (χ0n) is 9.36. The second-order valence-corrected chi connectivity index (χ2v) is 4.14. The summed E-state index contributed by atoms with van der Waals surface area (Å²) in [6.07, 6.45) is 2.48. The molecule has 1 aromatic heterocycles. The van der Waals surface area contributed by atoms with E-state index < -0.39 is 0 Å². The van der Waals surface area contributed by atoms with Gasteiger partial charge in [-0.25, -0.2) is 0 Å². The summed E-state index contributed by atoms with van der Waals surface area (Å²) < 4.78 is 5.17. The molecule has 1 saturated heterocycles. The average molecular weight is 210 g/mol. The fraction of sp³-hybridized carbons (Fsp3) is 0.800. The van der Waals surface area contributed by atoms with Crippen molar-refractivity contribution < 1.29 is 4.52 Å². The first-order chi connectivity index (χ1) is 7.29. The van der Waals surface area contributed by atoms with Gasteiger partial charge in [0.1, 0.15) is 0 Å². The lowest BCUT2D eigenvalue weighted by Crippen LogP contribution is -2.39. The molecular formula is C10H18N4O. The van der Waals surface area contributed by atoms with Gasteiger partial charge in [0.15, 0.2) is 5.82 Å². The van der Waals surface area contributed by atoms with Crippen molar-refractivity contribution in [3.63, 3.8) is 0 Å². The fourth-order valence-corrected chi connectivity index (χ4v) is 2.11. The molecule has 1 fully saturated rings. The Morgan fingerprint density at radius 1 is 1.60 bits per heavy atom. The Morgan fingerprint density at radius 3 is 3.13 bits per heavy atom. The summed E-state index contributed by atoms with van der Waals surface area (Å²) in [6, 6.07) is 0.674. The van der Waals surface area contributed by atoms with E-state index in [4.69, 9.17) is 4.52 Å². The number of hydrogen-bond donors (Lipinski definition) is 1. The SMILES string of the molecule is CNCC1CCCN(c2nc(C)no2)C1. The van der Waals surface area contributed by atoms with Gasteiger partial charge in [-0.05, 0) is 39.3 Å². The summed E-state index contributed by atoms with van der Waals surface area (Å²) in [6.45, 7) is 4.95. The van der Waals surface area contributed by atoms with Gasteiger partial charge >= 0.3 is 6.01 Å². The first kappa shape index (κ1) is 10.4. The van der Waals surface area contributed by atoms with E-state index in [1.807, 2.05) is 14.0 Å². The van der Waals surface area contributed by atoms with Crippen molar-refractivity contribution in [1.29, 1.82) is 0 Å². The molecule has 1 aromatic rings. The molecular weight excluding hydrogens is 192 g/mol. The summed E-state index contributed by atoms with van der Waals surface area (Å²) in [5.74, 6) is 1.40. The maximum Gasteiger partial charge on any atom is 0.324 e. The lowest BCUT2D eigenvalue weighted by Gasteiger charge is -2.31. The van der Waals surface area contributed by atoms with E-state index in [-0.39, 0.29) is 0 Å². The molecule has 2 heterocycles. The molecule has 2 rings (SSSR count). The van der Waals surface area contributed by atoms with Gasteiger partial charge in [0.05, 0.1) is 0 Å². The molecule has 1 aliphatic heterocycles. The molecule has 1 N–H and O–H groups in total. The summed E-state index contributed by atoms with van der Waals surface area (Å²) in [7, 11) is 2.00. The molecule has 0 saturated carbocycles. The summed E-state index contributed by atoms with van der Waals surface area (Å²) in [4.78, 5) is 6.44. The van der Waals surface area contributed by atoms with Gasteiger partial charge in [0.2, 0.25) is 0 Å². The van der Waals surface area contributed by atoms with Gasteiger partial charge in [-0.15, -0.1) is 0 Å². The summed E-state index contributed by atoms with van der Waals surface area (Å²) in [5, 5.41) is 7.04. The number of anilines is 1. The molecule has 0 bridgehead atoms. The Morgan fingerprint density at radius 2 is 2.47 bits per heavy atom. The van der Waals surface area contributed by atoms with Crippen molar-refractivity contribution in [3.8, 4) is 0 Å². The quantitative estimate of drug-likeness (QED) is 0.800. The zero-order valence-corrected chi connectivity index (χ0v) is 9.36. The maximum atomic E-state index is 5.17. The molecule has 1 atom stereocenters. The normalized spacial score (nSPS) is 22.0. The average Bonchev–Trinajstić information content (AvgIpc) is 2.66. The maximum absolute atomic E-state index is 5.17. The van der Waals surface area contributed by atoms with Crippen LogP contribution >= 0.6 is 0 Å². The van der Waals surface area contributed by atoms with E-state index in [0.29, 0.717) is 17.8 Å². The van der Waals surface area contributed by atoms with Gasteiger partial charge in [0, 0.05) is 13.1 Å². The van der Waals surface area contributed by atoms with Crippen molar-refractivity contribution in [2.75, 3.05) is 31.6 Å². The van der Waals surface area contributed by atoms with Crippen molar-refractivity contribution in [3.05, 3.63) is 5.82 Å². The zero-order chi connectivity index (χ0) is 10.7. The molecule has 1 unspecified atom stereocenters. The summed E-state index contributed by atoms with van der Waals surface area (Å²) in [5.41, 5.74) is 0. The molecule has 84 valence electrons. The van der Waals surface area contributed by atoms with Crippen LogP contribution in [0.3, 0.4) is 0 Å². The van der Waals surface area contributed by atoms with Crippen LogP contribution in [-0.4, -0.2) is 36.8 Å². The highest BCUT2D eigenvalue weighted by Crippen LogP contribution is 2.20. The second kappa shape index (κ2) is 4.61. The minimum absolute atomic E-state index is 0.674. The predicted octanol–water partition coefficient (Wildman–Crippen LogP) is 0.814. The molecule has 5 nitrogen and oxygen atoms in total. The Balaban J connectivity index is 1.98. The Bertz CT molecular complexity index is 310. The third-order valence-corrected chi connectivity index (χ3v) is 2.80. The second-order valence-electron chi connectivity index (χ2n) is 4.14. The Labute approximate surface area is 89.8 Å². The van der Waals surface area contributed by atoms with Crippen molar-refractivity contribution in [1.82, 2.24) is 15.5 Å². The topological polar surface area (TPSA) is 54.2 Å². The third kappa shape index (κ3) is 2.47. The number of piperidine rings is 1. The molecule has 0 spiro atoms. The monoisotopic (exact) mass is 210 g/mol. The van der Waals surface area contributed by atoms with Crippen LogP contribution in [0, 0.1) is 12.8 Å². The van der Waals surface area contributed by atoms with Crippen molar-refractivity contribution in [2.45, 2.75) is 19.8 Å². The first-order valence-electron chi connectivity index (χ1n) is 5.49. The van der Waals surface area contributed by atoms with Gasteiger partial charge < -0.3 is 14.7 Å². The van der Waals surface area contributed by atoms with E-state index in [2.05, 4.69) is 20.4 Å². The molecule has 0 aliphatic carbocycles. The highest BCUT2D eigenvalue weighted by molar-refractivity contribution is 5.25. The lowest BCUT2D eigenvalue weighted by molar-refractivity contribution is 0.358. The van der Waals surface area contributed by atoms with Crippen LogP contribution < -0.4 is 10.2 Å². The van der Waals surface area contributed by atoms with E-state index in [1.165, 1.54) is 12.8 Å². The number of rotatable bonds is 3. The smallest absolute Gasteiger partial charge is 0.324 e. The first-order valence-corrected chi connectivity index (χ1v) is 5.49. The Hall–Kier alpha value is -1.10. The van der Waals surface area contributed by atoms with Gasteiger partial charge in [0.25, 0.3) is 0 Å².